The number of esters is 9. The first-order valence-corrected chi connectivity index (χ1v) is 37.1. The lowest BCUT2D eigenvalue weighted by atomic mass is 9.91. The number of phenols is 28. The highest BCUT2D eigenvalue weighted by Crippen LogP contribution is 2.62. The van der Waals surface area contributed by atoms with Crippen LogP contribution in [-0.4, -0.2) is 288 Å². The minimum atomic E-state index is -3.19. The molecule has 0 saturated carbocycles. The number of fused-ring (bicyclic) bond motifs is 15. The molecule has 0 aromatic heterocycles. The number of ether oxygens (including phenoxy) is 12. The highest BCUT2D eigenvalue weighted by molar-refractivity contribution is 6.14. The number of carboxylic acids is 1. The first-order valence-electron chi connectivity index (χ1n) is 37.1. The van der Waals surface area contributed by atoms with E-state index in [1.54, 1.807) is 0 Å². The standard InChI is InChI=1S/C82H54O53/c83-11-35-68(131-77(119)17-3-26(86)46(95)55(104)38(17)37-15(75(117)127-35)1-24(84)45(94)54(37)103)67-33(93)12-124-74(116)21-10-34(53(102)60(109)43(21)41-16(76(118)130-67)2-25(85)49(98)58(41)107)126-65-23(9-31(91)52(101)63(65)112)81(123)135-82-71-70(133-79(121)18-4-27(87)47(96)56(105)39(18)40-19(80(122)134-71)5-28(88)48(97)57(40)106)69-36(128-82)13-125-73(115)14-7-32(92)66(129-64-22(72(113)114)8-30(90)51(100)62(64)111)61(110)44(14)42-20(78(120)132-69)6-29(89)50(99)59(42)108/h1-11,33,35-36,67-71,82,84-112H,12-13H2,(H,113,114)/t33-,35+,36-,67-,68-,69-,70+,71-,82+/m1/s1. The predicted octanol–water partition coefficient (Wildman–Crippen LogP) is 3.46. The summed E-state index contributed by atoms with van der Waals surface area (Å²) in [5.74, 6) is -73.3. The van der Waals surface area contributed by atoms with Crippen molar-refractivity contribution in [3.05, 3.63) is 116 Å². The lowest BCUT2D eigenvalue weighted by Gasteiger charge is -2.44. The summed E-state index contributed by atoms with van der Waals surface area (Å²) in [5, 5.41) is 335. The summed E-state index contributed by atoms with van der Waals surface area (Å²) >= 11 is 0. The molecule has 53 nitrogen and oxygen atoms in total. The molecule has 0 spiro atoms. The van der Waals surface area contributed by atoms with Gasteiger partial charge in [0.1, 0.15) is 36.5 Å². The second-order valence-electron chi connectivity index (χ2n) is 29.1. The number of carbonyl (C=O) groups is 11. The summed E-state index contributed by atoms with van der Waals surface area (Å²) in [4.78, 5) is 161. The maximum atomic E-state index is 15.5. The number of hydrogen-bond acceptors (Lipinski definition) is 52. The lowest BCUT2D eigenvalue weighted by molar-refractivity contribution is -0.282. The molecular formula is C82H54O53. The molecule has 135 heavy (non-hydrogen) atoms. The number of carbonyl (C=O) groups excluding carboxylic acids is 10. The molecule has 10 aromatic carbocycles. The smallest absolute Gasteiger partial charge is 0.344 e. The van der Waals surface area contributed by atoms with E-state index in [1.807, 2.05) is 0 Å². The zero-order valence-corrected chi connectivity index (χ0v) is 65.8. The van der Waals surface area contributed by atoms with E-state index in [4.69, 9.17) is 56.8 Å². The number of aliphatic hydroxyl groups is 1. The van der Waals surface area contributed by atoms with Crippen molar-refractivity contribution in [1.29, 1.82) is 0 Å². The Morgan fingerprint density at radius 1 is 0.289 bits per heavy atom. The molecule has 0 radical (unpaired) electrons. The van der Waals surface area contributed by atoms with Crippen LogP contribution in [-0.2, 0) is 52.2 Å². The predicted molar refractivity (Wildman–Crippen MR) is 416 cm³/mol. The number of rotatable bonds is 9. The molecule has 9 atom stereocenters. The topological polar surface area (TPSA) is 905 Å². The fourth-order valence-electron chi connectivity index (χ4n) is 14.8. The number of aldehydes is 1. The number of aliphatic hydroxyl groups excluding tert-OH is 1. The SMILES string of the molecule is O=C[C@@H]1OC(=O)c2cc(O)c(O)c(O)c2-c2c(cc(O)c(O)c2O)C(=O)O[C@H]1[C@@H]1OC(=O)c2cc(O)c(O)c(O)c2-c2c(cc(Oc3c(C(=O)O[C@@H]4O[C@@H]5COC(=O)c6cc(O)c(Oc7c(C(=O)O)cc(O)c(O)c7O)c(O)c6-c6c(cc(O)c(O)c6O)C(=O)O[C@H]5[C@@H]5OC(=O)c6cc(O)c(O)c(O)c6-c6c(cc(O)c(O)c6O)C(=O)O[C@@H]45)cc(O)c(O)c3O)c(O)c2O)C(=O)OC[C@H]1O. The van der Waals surface area contributed by atoms with Gasteiger partial charge in [-0.2, -0.15) is 0 Å². The van der Waals surface area contributed by atoms with Crippen LogP contribution in [0, 0.1) is 0 Å². The van der Waals surface area contributed by atoms with E-state index in [0.717, 1.165) is 0 Å². The van der Waals surface area contributed by atoms with Crippen LogP contribution < -0.4 is 9.47 Å². The monoisotopic (exact) mass is 1890 g/mol. The summed E-state index contributed by atoms with van der Waals surface area (Å²) < 4.78 is 67.2. The average Bonchev–Trinajstić information content (AvgIpc) is 1.54. The number of cyclic esters (lactones) is 5. The van der Waals surface area contributed by atoms with E-state index < -0.39 is 418 Å². The van der Waals surface area contributed by atoms with Crippen molar-refractivity contribution in [3.8, 4) is 228 Å². The molecule has 0 amide bonds. The number of aromatic carboxylic acids is 1. The number of benzene rings is 10. The van der Waals surface area contributed by atoms with E-state index in [2.05, 4.69) is 0 Å². The number of carboxylic acid groups (broad SMARTS) is 1. The van der Waals surface area contributed by atoms with Gasteiger partial charge in [-0.05, 0) is 42.5 Å². The second-order valence-corrected chi connectivity index (χ2v) is 29.1. The summed E-state index contributed by atoms with van der Waals surface area (Å²) in [6, 6.07) is 1.94. The molecule has 15 rings (SSSR count). The minimum Gasteiger partial charge on any atom is -0.504 e. The van der Waals surface area contributed by atoms with Gasteiger partial charge in [0.05, 0.1) is 44.5 Å². The highest BCUT2D eigenvalue weighted by Gasteiger charge is 2.57. The fraction of sp³-hybridized carbons (Fsp3) is 0.134. The minimum absolute atomic E-state index is 0.0553. The van der Waals surface area contributed by atoms with Gasteiger partial charge in [-0.1, -0.05) is 0 Å². The van der Waals surface area contributed by atoms with Crippen molar-refractivity contribution in [2.75, 3.05) is 13.2 Å². The van der Waals surface area contributed by atoms with Gasteiger partial charge < -0.3 is 210 Å². The zero-order valence-electron chi connectivity index (χ0n) is 65.8. The Morgan fingerprint density at radius 3 is 0.978 bits per heavy atom. The van der Waals surface area contributed by atoms with Gasteiger partial charge in [-0.3, -0.25) is 4.79 Å². The first-order chi connectivity index (χ1) is 63.5. The Hall–Kier alpha value is -19.5. The van der Waals surface area contributed by atoms with Crippen LogP contribution >= 0.6 is 0 Å². The third-order valence-corrected chi connectivity index (χ3v) is 21.2. The maximum absolute atomic E-state index is 15.5. The van der Waals surface area contributed by atoms with Crippen LogP contribution in [0.2, 0.25) is 0 Å². The fourth-order valence-corrected chi connectivity index (χ4v) is 14.8. The summed E-state index contributed by atoms with van der Waals surface area (Å²) in [5.41, 5.74) is -25.1. The largest absolute Gasteiger partial charge is 0.504 e. The molecule has 0 aliphatic carbocycles. The van der Waals surface area contributed by atoms with Gasteiger partial charge >= 0.3 is 59.7 Å². The molecule has 0 unspecified atom stereocenters. The van der Waals surface area contributed by atoms with Gasteiger partial charge in [0, 0.05) is 62.7 Å². The molecular weight excluding hydrogens is 1830 g/mol. The lowest BCUT2D eigenvalue weighted by Crippen LogP contribution is -2.63. The summed E-state index contributed by atoms with van der Waals surface area (Å²) in [6.07, 6.45) is -26.9. The molecule has 0 bridgehead atoms. The van der Waals surface area contributed by atoms with Crippen molar-refractivity contribution in [2.45, 2.75) is 55.1 Å². The molecule has 30 N–H and O–H groups in total. The second kappa shape index (κ2) is 32.7. The third kappa shape index (κ3) is 14.5. The Labute approximate surface area is 739 Å². The Bertz CT molecular complexity index is 7020. The van der Waals surface area contributed by atoms with E-state index in [0.29, 0.717) is 6.07 Å². The van der Waals surface area contributed by atoms with Crippen molar-refractivity contribution >= 4 is 66.0 Å². The quantitative estimate of drug-likeness (QED) is 0.0426. The highest BCUT2D eigenvalue weighted by atomic mass is 16.8. The van der Waals surface area contributed by atoms with E-state index in [-0.39, 0.29) is 54.6 Å². The van der Waals surface area contributed by atoms with Gasteiger partial charge in [0.25, 0.3) is 0 Å². The van der Waals surface area contributed by atoms with Crippen LogP contribution in [0.5, 0.6) is 184 Å². The summed E-state index contributed by atoms with van der Waals surface area (Å²) in [6.45, 7) is -3.46. The molecule has 5 heterocycles. The van der Waals surface area contributed by atoms with Crippen molar-refractivity contribution in [2.24, 2.45) is 0 Å². The van der Waals surface area contributed by atoms with Gasteiger partial charge in [-0.25, -0.2) is 47.9 Å². The van der Waals surface area contributed by atoms with Crippen LogP contribution in [0.25, 0.3) is 44.5 Å². The van der Waals surface area contributed by atoms with E-state index in [1.165, 1.54) is 0 Å². The number of aromatic hydroxyl groups is 28. The van der Waals surface area contributed by atoms with E-state index >= 15 is 19.2 Å². The van der Waals surface area contributed by atoms with Crippen LogP contribution in [0.3, 0.4) is 0 Å². The Morgan fingerprint density at radius 2 is 0.585 bits per heavy atom. The average molecular weight is 1890 g/mol. The van der Waals surface area contributed by atoms with Crippen molar-refractivity contribution in [3.63, 3.8) is 0 Å². The molecule has 10 aromatic rings. The first kappa shape index (κ1) is 90.3. The van der Waals surface area contributed by atoms with Crippen LogP contribution in [0.4, 0.5) is 0 Å². The Balaban J connectivity index is 0.850. The van der Waals surface area contributed by atoms with Crippen molar-refractivity contribution in [1.82, 2.24) is 0 Å². The summed E-state index contributed by atoms with van der Waals surface area (Å²) in [7, 11) is 0. The molecule has 5 aliphatic heterocycles. The molecule has 1 saturated heterocycles. The van der Waals surface area contributed by atoms with Crippen LogP contribution in [0.1, 0.15) is 104 Å². The molecule has 53 heteroatoms. The zero-order chi connectivity index (χ0) is 98.5. The number of phenolic OH excluding ortho intramolecular Hbond substituents is 28. The molecule has 700 valence electrons. The maximum Gasteiger partial charge on any atom is 0.344 e. The van der Waals surface area contributed by atoms with E-state index in [9.17, 15) is 187 Å². The Kier molecular flexibility index (Phi) is 21.8. The normalized spacial score (nSPS) is 19.2. The van der Waals surface area contributed by atoms with Crippen LogP contribution in [0.15, 0.2) is 60.7 Å². The van der Waals surface area contributed by atoms with Crippen molar-refractivity contribution < 1.29 is 263 Å². The van der Waals surface area contributed by atoms with Gasteiger partial charge in [0.2, 0.25) is 81.4 Å². The van der Waals surface area contributed by atoms with Gasteiger partial charge in [-0.15, -0.1) is 0 Å². The van der Waals surface area contributed by atoms with Gasteiger partial charge in [0.15, 0.2) is 152 Å². The number of hydrogen-bond donors (Lipinski definition) is 30. The molecule has 5 aliphatic rings. The molecule has 1 fully saturated rings. The third-order valence-electron chi connectivity index (χ3n) is 21.2.